The highest BCUT2D eigenvalue weighted by atomic mass is 35.5. The predicted molar refractivity (Wildman–Crippen MR) is 82.2 cm³/mol. The maximum atomic E-state index is 8.67. The van der Waals surface area contributed by atoms with Crippen LogP contribution < -0.4 is 5.73 Å². The Bertz CT molecular complexity index is 502. The third kappa shape index (κ3) is 3.44. The summed E-state index contributed by atoms with van der Waals surface area (Å²) in [7, 11) is 0. The fraction of sp³-hybridized carbons (Fsp3) is 0.533. The van der Waals surface area contributed by atoms with Crippen LogP contribution in [0.15, 0.2) is 23.4 Å². The van der Waals surface area contributed by atoms with Gasteiger partial charge in [0.15, 0.2) is 5.84 Å². The number of amidine groups is 1. The lowest BCUT2D eigenvalue weighted by atomic mass is 9.95. The first kappa shape index (κ1) is 15.1. The van der Waals surface area contributed by atoms with E-state index >= 15 is 0 Å². The topological polar surface area (TPSA) is 61.8 Å². The summed E-state index contributed by atoms with van der Waals surface area (Å²) in [6.45, 7) is 7.69. The number of hydrogen-bond donors (Lipinski definition) is 2. The van der Waals surface area contributed by atoms with E-state index in [2.05, 4.69) is 23.9 Å². The maximum Gasteiger partial charge on any atom is 0.170 e. The van der Waals surface area contributed by atoms with E-state index in [9.17, 15) is 0 Å². The minimum atomic E-state index is 0.0829. The predicted octanol–water partition coefficient (Wildman–Crippen LogP) is 2.91. The van der Waals surface area contributed by atoms with E-state index in [1.807, 2.05) is 12.1 Å². The number of benzene rings is 1. The van der Waals surface area contributed by atoms with Crippen molar-refractivity contribution in [2.24, 2.45) is 22.7 Å². The minimum absolute atomic E-state index is 0.0829. The van der Waals surface area contributed by atoms with Crippen molar-refractivity contribution in [1.82, 2.24) is 4.90 Å². The molecule has 0 aliphatic carbocycles. The molecule has 3 N–H and O–H groups in total. The molecular weight excluding hydrogens is 274 g/mol. The van der Waals surface area contributed by atoms with Crippen molar-refractivity contribution in [3.63, 3.8) is 0 Å². The number of oxime groups is 1. The fourth-order valence-corrected chi connectivity index (χ4v) is 2.92. The van der Waals surface area contributed by atoms with Crippen molar-refractivity contribution >= 4 is 17.4 Å². The van der Waals surface area contributed by atoms with Crippen LogP contribution in [-0.2, 0) is 6.54 Å². The van der Waals surface area contributed by atoms with E-state index in [1.54, 1.807) is 6.07 Å². The van der Waals surface area contributed by atoms with Gasteiger partial charge in [-0.05, 0) is 36.4 Å². The Hall–Kier alpha value is -1.26. The molecule has 0 amide bonds. The smallest absolute Gasteiger partial charge is 0.170 e. The van der Waals surface area contributed by atoms with Crippen molar-refractivity contribution in [2.75, 3.05) is 13.1 Å². The minimum Gasteiger partial charge on any atom is -0.409 e. The number of hydrogen-bond acceptors (Lipinski definition) is 3. The van der Waals surface area contributed by atoms with Crippen LogP contribution in [0.2, 0.25) is 5.02 Å². The Morgan fingerprint density at radius 2 is 2.30 bits per heavy atom. The number of nitrogens with zero attached hydrogens (tertiary/aromatic N) is 2. The molecule has 0 saturated carbocycles. The standard InChI is InChI=1S/C15H22ClN3O/c1-10(2)12-5-6-19(8-12)9-13-4-3-11(7-14(13)16)15(17)18-20/h3-4,7,10,12,20H,5-6,8-9H2,1-2H3,(H2,17,18). The molecular formula is C15H22ClN3O. The third-order valence-electron chi connectivity index (χ3n) is 4.10. The van der Waals surface area contributed by atoms with Gasteiger partial charge >= 0.3 is 0 Å². The highest BCUT2D eigenvalue weighted by Gasteiger charge is 2.25. The summed E-state index contributed by atoms with van der Waals surface area (Å²) in [6.07, 6.45) is 1.26. The normalized spacial score (nSPS) is 20.8. The molecule has 0 bridgehead atoms. The summed E-state index contributed by atoms with van der Waals surface area (Å²) in [5.41, 5.74) is 7.29. The second kappa shape index (κ2) is 6.46. The summed E-state index contributed by atoms with van der Waals surface area (Å²) >= 11 is 6.29. The van der Waals surface area contributed by atoms with Crippen LogP contribution in [0.5, 0.6) is 0 Å². The molecule has 1 fully saturated rings. The van der Waals surface area contributed by atoms with E-state index in [1.165, 1.54) is 6.42 Å². The molecule has 1 atom stereocenters. The first-order valence-corrected chi connectivity index (χ1v) is 7.37. The summed E-state index contributed by atoms with van der Waals surface area (Å²) in [5.74, 6) is 1.60. The Labute approximate surface area is 125 Å². The molecule has 0 aromatic heterocycles. The zero-order valence-electron chi connectivity index (χ0n) is 12.0. The van der Waals surface area contributed by atoms with Crippen molar-refractivity contribution in [3.8, 4) is 0 Å². The molecule has 0 radical (unpaired) electrons. The average molecular weight is 296 g/mol. The Balaban J connectivity index is 2.04. The Morgan fingerprint density at radius 3 is 2.85 bits per heavy atom. The van der Waals surface area contributed by atoms with Gasteiger partial charge in [-0.2, -0.15) is 0 Å². The zero-order valence-corrected chi connectivity index (χ0v) is 12.8. The van der Waals surface area contributed by atoms with Gasteiger partial charge in [0.2, 0.25) is 0 Å². The van der Waals surface area contributed by atoms with Gasteiger partial charge in [0.1, 0.15) is 0 Å². The van der Waals surface area contributed by atoms with Gasteiger partial charge in [0.25, 0.3) is 0 Å². The van der Waals surface area contributed by atoms with Gasteiger partial charge in [-0.15, -0.1) is 0 Å². The lowest BCUT2D eigenvalue weighted by molar-refractivity contribution is 0.297. The zero-order chi connectivity index (χ0) is 14.7. The second-order valence-corrected chi connectivity index (χ2v) is 6.23. The van der Waals surface area contributed by atoms with Crippen LogP contribution in [0, 0.1) is 11.8 Å². The molecule has 1 aromatic rings. The van der Waals surface area contributed by atoms with E-state index in [4.69, 9.17) is 22.5 Å². The molecule has 20 heavy (non-hydrogen) atoms. The highest BCUT2D eigenvalue weighted by molar-refractivity contribution is 6.31. The van der Waals surface area contributed by atoms with Gasteiger partial charge in [-0.1, -0.05) is 42.7 Å². The van der Waals surface area contributed by atoms with Crippen LogP contribution in [0.4, 0.5) is 0 Å². The largest absolute Gasteiger partial charge is 0.409 e. The number of rotatable bonds is 4. The first-order valence-electron chi connectivity index (χ1n) is 7.00. The lowest BCUT2D eigenvalue weighted by Gasteiger charge is -2.18. The molecule has 1 heterocycles. The van der Waals surface area contributed by atoms with Crippen molar-refractivity contribution in [3.05, 3.63) is 34.3 Å². The molecule has 1 saturated heterocycles. The molecule has 1 aromatic carbocycles. The SMILES string of the molecule is CC(C)C1CCN(Cc2ccc(/C(N)=N/O)cc2Cl)C1. The molecule has 4 nitrogen and oxygen atoms in total. The molecule has 110 valence electrons. The second-order valence-electron chi connectivity index (χ2n) is 5.82. The van der Waals surface area contributed by atoms with E-state index in [0.717, 1.165) is 37.0 Å². The van der Waals surface area contributed by atoms with Gasteiger partial charge in [0, 0.05) is 23.7 Å². The monoisotopic (exact) mass is 295 g/mol. The maximum absolute atomic E-state index is 8.67. The van der Waals surface area contributed by atoms with Crippen LogP contribution in [-0.4, -0.2) is 29.0 Å². The van der Waals surface area contributed by atoms with Crippen molar-refractivity contribution in [1.29, 1.82) is 0 Å². The molecule has 1 aliphatic rings. The molecule has 2 rings (SSSR count). The Kier molecular flexibility index (Phi) is 4.89. The van der Waals surface area contributed by atoms with E-state index in [0.29, 0.717) is 10.6 Å². The molecule has 1 aliphatic heterocycles. The third-order valence-corrected chi connectivity index (χ3v) is 4.45. The quantitative estimate of drug-likeness (QED) is 0.388. The molecule has 5 heteroatoms. The van der Waals surface area contributed by atoms with E-state index in [-0.39, 0.29) is 5.84 Å². The number of likely N-dealkylation sites (tertiary alicyclic amines) is 1. The summed E-state index contributed by atoms with van der Waals surface area (Å²) in [6, 6.07) is 5.55. The average Bonchev–Trinajstić information content (AvgIpc) is 2.89. The van der Waals surface area contributed by atoms with Crippen LogP contribution in [0.1, 0.15) is 31.4 Å². The highest BCUT2D eigenvalue weighted by Crippen LogP contribution is 2.27. The number of nitrogens with two attached hydrogens (primary N) is 1. The number of halogens is 1. The molecule has 0 spiro atoms. The summed E-state index contributed by atoms with van der Waals surface area (Å²) in [5, 5.41) is 12.3. The van der Waals surface area contributed by atoms with Crippen LogP contribution in [0.3, 0.4) is 0 Å². The van der Waals surface area contributed by atoms with Gasteiger partial charge in [0.05, 0.1) is 0 Å². The van der Waals surface area contributed by atoms with Crippen molar-refractivity contribution in [2.45, 2.75) is 26.8 Å². The summed E-state index contributed by atoms with van der Waals surface area (Å²) in [4.78, 5) is 2.44. The van der Waals surface area contributed by atoms with Gasteiger partial charge < -0.3 is 10.9 Å². The summed E-state index contributed by atoms with van der Waals surface area (Å²) < 4.78 is 0. The first-order chi connectivity index (χ1) is 9.51. The Morgan fingerprint density at radius 1 is 1.55 bits per heavy atom. The fourth-order valence-electron chi connectivity index (χ4n) is 2.68. The lowest BCUT2D eigenvalue weighted by Crippen LogP contribution is -2.22. The van der Waals surface area contributed by atoms with Gasteiger partial charge in [-0.25, -0.2) is 0 Å². The van der Waals surface area contributed by atoms with Crippen molar-refractivity contribution < 1.29 is 5.21 Å². The van der Waals surface area contributed by atoms with E-state index < -0.39 is 0 Å². The van der Waals surface area contributed by atoms with Crippen LogP contribution >= 0.6 is 11.6 Å². The molecule has 1 unspecified atom stereocenters. The van der Waals surface area contributed by atoms with Crippen LogP contribution in [0.25, 0.3) is 0 Å². The van der Waals surface area contributed by atoms with Gasteiger partial charge in [-0.3, -0.25) is 4.90 Å².